The summed E-state index contributed by atoms with van der Waals surface area (Å²) in [5.41, 5.74) is 7.94. The summed E-state index contributed by atoms with van der Waals surface area (Å²) >= 11 is 1.37. The molecule has 1 aromatic heterocycles. The monoisotopic (exact) mass is 441 g/mol. The molecule has 2 unspecified atom stereocenters. The first-order valence-electron chi connectivity index (χ1n) is 9.61. The number of ether oxygens (including phenoxy) is 1. The summed E-state index contributed by atoms with van der Waals surface area (Å²) in [7, 11) is 0. The predicted molar refractivity (Wildman–Crippen MR) is 115 cm³/mol. The average molecular weight is 441 g/mol. The second kappa shape index (κ2) is 8.44. The number of primary amides is 1. The van der Waals surface area contributed by atoms with Crippen molar-refractivity contribution in [2.45, 2.75) is 19.6 Å². The number of nitrogens with two attached hydrogens (primary N) is 1. The van der Waals surface area contributed by atoms with Crippen LogP contribution in [-0.2, 0) is 16.1 Å². The third kappa shape index (κ3) is 4.01. The molecule has 3 aromatic rings. The summed E-state index contributed by atoms with van der Waals surface area (Å²) in [6, 6.07) is 11.8. The number of amides is 2. The van der Waals surface area contributed by atoms with Crippen LogP contribution in [0.3, 0.4) is 0 Å². The summed E-state index contributed by atoms with van der Waals surface area (Å²) in [4.78, 5) is 29.3. The summed E-state index contributed by atoms with van der Waals surface area (Å²) in [5.74, 6) is -1.72. The maximum atomic E-state index is 15.2. The molecule has 3 N–H and O–H groups in total. The maximum Gasteiger partial charge on any atom is 0.414 e. The minimum absolute atomic E-state index is 0.112. The largest absolute Gasteiger partial charge is 0.443 e. The van der Waals surface area contributed by atoms with Crippen molar-refractivity contribution in [1.82, 2.24) is 4.98 Å². The molecule has 0 radical (unpaired) electrons. The number of aliphatic hydroxyl groups excluding tert-OH is 1. The molecule has 1 aliphatic rings. The van der Waals surface area contributed by atoms with Gasteiger partial charge in [0.1, 0.15) is 16.9 Å². The number of carbonyl (C=O) groups is 2. The highest BCUT2D eigenvalue weighted by atomic mass is 32.1. The van der Waals surface area contributed by atoms with Gasteiger partial charge >= 0.3 is 6.09 Å². The molecule has 0 aliphatic carbocycles. The zero-order chi connectivity index (χ0) is 22.1. The fourth-order valence-electron chi connectivity index (χ4n) is 3.44. The third-order valence-electron chi connectivity index (χ3n) is 5.27. The van der Waals surface area contributed by atoms with E-state index < -0.39 is 29.8 Å². The SMILES string of the molecule is CC(C(N)=O)C1CN(c2ccc(-c3ccccc3-c3nc(CO)cs3)c(F)c2)C(=O)O1. The average Bonchev–Trinajstić information content (AvgIpc) is 3.40. The first kappa shape index (κ1) is 21.0. The Bertz CT molecular complexity index is 1150. The van der Waals surface area contributed by atoms with E-state index in [0.717, 1.165) is 5.56 Å². The van der Waals surface area contributed by atoms with Gasteiger partial charge in [-0.2, -0.15) is 0 Å². The molecule has 31 heavy (non-hydrogen) atoms. The highest BCUT2D eigenvalue weighted by molar-refractivity contribution is 7.13. The van der Waals surface area contributed by atoms with Gasteiger partial charge in [-0.05, 0) is 30.7 Å². The van der Waals surface area contributed by atoms with Gasteiger partial charge in [-0.25, -0.2) is 14.2 Å². The Balaban J connectivity index is 1.65. The van der Waals surface area contributed by atoms with Gasteiger partial charge in [-0.15, -0.1) is 11.3 Å². The molecule has 2 atom stereocenters. The number of nitrogens with zero attached hydrogens (tertiary/aromatic N) is 2. The minimum Gasteiger partial charge on any atom is -0.443 e. The topological polar surface area (TPSA) is 106 Å². The lowest BCUT2D eigenvalue weighted by Gasteiger charge is -2.16. The lowest BCUT2D eigenvalue weighted by molar-refractivity contribution is -0.123. The van der Waals surface area contributed by atoms with Crippen LogP contribution < -0.4 is 10.6 Å². The van der Waals surface area contributed by atoms with E-state index in [4.69, 9.17) is 10.5 Å². The van der Waals surface area contributed by atoms with Gasteiger partial charge in [-0.3, -0.25) is 9.69 Å². The molecule has 0 spiro atoms. The molecule has 4 rings (SSSR count). The fraction of sp³-hybridized carbons (Fsp3) is 0.227. The second-order valence-electron chi connectivity index (χ2n) is 7.24. The van der Waals surface area contributed by atoms with Crippen molar-refractivity contribution in [1.29, 1.82) is 0 Å². The highest BCUT2D eigenvalue weighted by Gasteiger charge is 2.38. The number of aromatic nitrogens is 1. The predicted octanol–water partition coefficient (Wildman–Crippen LogP) is 3.56. The van der Waals surface area contributed by atoms with Crippen molar-refractivity contribution in [2.75, 3.05) is 11.4 Å². The Labute approximate surface area is 181 Å². The summed E-state index contributed by atoms with van der Waals surface area (Å²) in [5, 5.41) is 11.7. The lowest BCUT2D eigenvalue weighted by atomic mass is 9.99. The van der Waals surface area contributed by atoms with E-state index in [0.29, 0.717) is 27.5 Å². The van der Waals surface area contributed by atoms with Gasteiger partial charge < -0.3 is 15.6 Å². The second-order valence-corrected chi connectivity index (χ2v) is 8.09. The number of aliphatic hydroxyl groups is 1. The standard InChI is InChI=1S/C22H20FN3O4S/c1-12(20(24)28)19-9-26(22(29)30-19)14-6-7-16(18(23)8-14)15-4-2-3-5-17(15)21-25-13(10-27)11-31-21/h2-8,11-12,19,27H,9-10H2,1H3,(H2,24,28). The molecular formula is C22H20FN3O4S. The van der Waals surface area contributed by atoms with Crippen LogP contribution in [0.25, 0.3) is 21.7 Å². The van der Waals surface area contributed by atoms with Crippen molar-refractivity contribution in [2.24, 2.45) is 11.7 Å². The van der Waals surface area contributed by atoms with Crippen molar-refractivity contribution in [3.63, 3.8) is 0 Å². The van der Waals surface area contributed by atoms with E-state index in [9.17, 15) is 14.7 Å². The van der Waals surface area contributed by atoms with Crippen molar-refractivity contribution in [3.05, 3.63) is 59.4 Å². The van der Waals surface area contributed by atoms with E-state index in [1.165, 1.54) is 22.3 Å². The first-order chi connectivity index (χ1) is 14.9. The van der Waals surface area contributed by atoms with Crippen LogP contribution in [0.4, 0.5) is 14.9 Å². The molecule has 0 bridgehead atoms. The van der Waals surface area contributed by atoms with Crippen molar-refractivity contribution < 1.29 is 23.8 Å². The number of anilines is 1. The number of thiazole rings is 1. The van der Waals surface area contributed by atoms with Crippen LogP contribution >= 0.6 is 11.3 Å². The van der Waals surface area contributed by atoms with E-state index in [1.807, 2.05) is 12.1 Å². The Morgan fingerprint density at radius 3 is 2.71 bits per heavy atom. The van der Waals surface area contributed by atoms with Gasteiger partial charge in [0, 0.05) is 16.5 Å². The van der Waals surface area contributed by atoms with Crippen LogP contribution in [0.15, 0.2) is 47.8 Å². The van der Waals surface area contributed by atoms with Crippen LogP contribution in [0, 0.1) is 11.7 Å². The molecule has 0 saturated carbocycles. The quantitative estimate of drug-likeness (QED) is 0.609. The summed E-state index contributed by atoms with van der Waals surface area (Å²) < 4.78 is 20.4. The number of rotatable bonds is 6. The number of carbonyl (C=O) groups excluding carboxylic acids is 2. The maximum absolute atomic E-state index is 15.2. The Morgan fingerprint density at radius 2 is 2.06 bits per heavy atom. The van der Waals surface area contributed by atoms with E-state index >= 15 is 4.39 Å². The van der Waals surface area contributed by atoms with Crippen molar-refractivity contribution in [3.8, 4) is 21.7 Å². The molecule has 2 amide bonds. The molecule has 1 saturated heterocycles. The van der Waals surface area contributed by atoms with Gasteiger partial charge in [-0.1, -0.05) is 24.3 Å². The molecule has 2 heterocycles. The van der Waals surface area contributed by atoms with Crippen LogP contribution in [0.2, 0.25) is 0 Å². The van der Waals surface area contributed by atoms with Gasteiger partial charge in [0.05, 0.1) is 30.5 Å². The Morgan fingerprint density at radius 1 is 1.32 bits per heavy atom. The summed E-state index contributed by atoms with van der Waals surface area (Å²) in [6.07, 6.45) is -1.33. The molecule has 1 aliphatic heterocycles. The van der Waals surface area contributed by atoms with Crippen LogP contribution in [0.5, 0.6) is 0 Å². The van der Waals surface area contributed by atoms with Crippen LogP contribution in [-0.4, -0.2) is 34.7 Å². The molecule has 2 aromatic carbocycles. The zero-order valence-corrected chi connectivity index (χ0v) is 17.4. The van der Waals surface area contributed by atoms with Crippen molar-refractivity contribution >= 4 is 29.0 Å². The first-order valence-corrected chi connectivity index (χ1v) is 10.5. The summed E-state index contributed by atoms with van der Waals surface area (Å²) in [6.45, 7) is 1.54. The van der Waals surface area contributed by atoms with E-state index in [-0.39, 0.29) is 13.2 Å². The smallest absolute Gasteiger partial charge is 0.414 e. The third-order valence-corrected chi connectivity index (χ3v) is 6.19. The molecular weight excluding hydrogens is 421 g/mol. The number of hydrogen-bond acceptors (Lipinski definition) is 6. The number of cyclic esters (lactones) is 1. The zero-order valence-electron chi connectivity index (χ0n) is 16.6. The highest BCUT2D eigenvalue weighted by Crippen LogP contribution is 2.37. The van der Waals surface area contributed by atoms with E-state index in [1.54, 1.807) is 36.6 Å². The number of halogens is 1. The molecule has 1 fully saturated rings. The Hall–Kier alpha value is -3.30. The normalized spacial score (nSPS) is 16.9. The van der Waals surface area contributed by atoms with Gasteiger partial charge in [0.2, 0.25) is 5.91 Å². The van der Waals surface area contributed by atoms with E-state index in [2.05, 4.69) is 4.98 Å². The van der Waals surface area contributed by atoms with Gasteiger partial charge in [0.15, 0.2) is 0 Å². The molecule has 160 valence electrons. The molecule has 9 heteroatoms. The van der Waals surface area contributed by atoms with Crippen LogP contribution in [0.1, 0.15) is 12.6 Å². The van der Waals surface area contributed by atoms with Gasteiger partial charge in [0.25, 0.3) is 0 Å². The lowest BCUT2D eigenvalue weighted by Crippen LogP contribution is -2.34. The number of hydrogen-bond donors (Lipinski definition) is 2. The minimum atomic E-state index is -0.681. The Kier molecular flexibility index (Phi) is 5.71. The molecule has 7 nitrogen and oxygen atoms in total. The fourth-order valence-corrected chi connectivity index (χ4v) is 4.29. The number of benzene rings is 2.